The van der Waals surface area contributed by atoms with Crippen molar-refractivity contribution in [1.82, 2.24) is 24.4 Å². The molecule has 41 heavy (non-hydrogen) atoms. The van der Waals surface area contributed by atoms with Crippen LogP contribution in [0.5, 0.6) is 0 Å². The first-order valence-corrected chi connectivity index (χ1v) is 13.3. The van der Waals surface area contributed by atoms with Crippen LogP contribution in [0.2, 0.25) is 0 Å². The molecule has 1 saturated heterocycles. The normalized spacial score (nSPS) is 14.8. The first-order valence-electron chi connectivity index (χ1n) is 13.3. The smallest absolute Gasteiger partial charge is 0.322 e. The number of nitrogens with one attached hydrogen (secondary N) is 2. The zero-order valence-corrected chi connectivity index (χ0v) is 22.7. The predicted molar refractivity (Wildman–Crippen MR) is 149 cm³/mol. The number of benzene rings is 2. The van der Waals surface area contributed by atoms with Crippen LogP contribution in [-0.4, -0.2) is 68.9 Å². The lowest BCUT2D eigenvalue weighted by molar-refractivity contribution is -0.138. The van der Waals surface area contributed by atoms with Gasteiger partial charge in [-0.2, -0.15) is 18.3 Å². The van der Waals surface area contributed by atoms with Gasteiger partial charge in [-0.25, -0.2) is 9.50 Å². The summed E-state index contributed by atoms with van der Waals surface area (Å²) < 4.78 is 43.4. The summed E-state index contributed by atoms with van der Waals surface area (Å²) in [6.07, 6.45) is -1.66. The molecule has 0 unspecified atom stereocenters. The fraction of sp³-hybridized carbons (Fsp3) is 0.310. The van der Waals surface area contributed by atoms with Crippen molar-refractivity contribution in [2.24, 2.45) is 0 Å². The molecule has 1 fully saturated rings. The number of halogens is 3. The lowest BCUT2D eigenvalue weighted by Crippen LogP contribution is -2.45. The highest BCUT2D eigenvalue weighted by atomic mass is 19.4. The zero-order valence-electron chi connectivity index (χ0n) is 22.7. The van der Waals surface area contributed by atoms with Crippen LogP contribution in [0.4, 0.5) is 24.5 Å². The van der Waals surface area contributed by atoms with Gasteiger partial charge >= 0.3 is 6.18 Å². The second-order valence-electron chi connectivity index (χ2n) is 9.96. The first kappa shape index (κ1) is 28.2. The van der Waals surface area contributed by atoms with Gasteiger partial charge in [-0.1, -0.05) is 19.1 Å². The number of amides is 2. The van der Waals surface area contributed by atoms with E-state index < -0.39 is 23.6 Å². The second-order valence-corrected chi connectivity index (χ2v) is 9.96. The maximum atomic E-state index is 14.0. The number of imidazole rings is 1. The predicted octanol–water partition coefficient (Wildman–Crippen LogP) is 4.70. The minimum absolute atomic E-state index is 0.111. The van der Waals surface area contributed by atoms with Crippen molar-refractivity contribution in [2.45, 2.75) is 26.6 Å². The quantitative estimate of drug-likeness (QED) is 0.338. The molecule has 5 rings (SSSR count). The van der Waals surface area contributed by atoms with Crippen molar-refractivity contribution in [3.63, 3.8) is 0 Å². The molecule has 0 spiro atoms. The standard InChI is InChI=1S/C29H30F3N7O2/c1-3-37-11-13-38(14-12-37)18-21-8-7-20(15-23(21)29(30,31)32)27(40)35-22-9-6-19(2)24(16-22)36-28(41)25-17-33-26-5-4-10-34-39(25)26/h4-10,15-17H,3,11-14,18H2,1-2H3,(H,35,40)(H,36,41). The number of aromatic nitrogens is 3. The molecule has 2 aromatic heterocycles. The number of likely N-dealkylation sites (N-methyl/N-ethyl adjacent to an activating group) is 1. The highest BCUT2D eigenvalue weighted by molar-refractivity contribution is 6.06. The van der Waals surface area contributed by atoms with E-state index in [1.165, 1.54) is 29.0 Å². The van der Waals surface area contributed by atoms with Gasteiger partial charge < -0.3 is 15.5 Å². The lowest BCUT2D eigenvalue weighted by atomic mass is 10.0. The van der Waals surface area contributed by atoms with Crippen LogP contribution < -0.4 is 10.6 Å². The molecule has 1 aliphatic heterocycles. The zero-order chi connectivity index (χ0) is 29.1. The highest BCUT2D eigenvalue weighted by Crippen LogP contribution is 2.34. The van der Waals surface area contributed by atoms with Crippen LogP contribution in [0.15, 0.2) is 60.9 Å². The minimum Gasteiger partial charge on any atom is -0.322 e. The maximum Gasteiger partial charge on any atom is 0.416 e. The molecule has 4 aromatic rings. The molecule has 12 heteroatoms. The number of hydrogen-bond donors (Lipinski definition) is 2. The molecule has 0 atom stereocenters. The molecule has 0 bridgehead atoms. The van der Waals surface area contributed by atoms with Gasteiger partial charge in [0.2, 0.25) is 0 Å². The van der Waals surface area contributed by atoms with E-state index in [4.69, 9.17) is 0 Å². The topological polar surface area (TPSA) is 94.9 Å². The Morgan fingerprint density at radius 2 is 1.71 bits per heavy atom. The average molecular weight is 566 g/mol. The Kier molecular flexibility index (Phi) is 8.04. The van der Waals surface area contributed by atoms with Crippen molar-refractivity contribution in [1.29, 1.82) is 0 Å². The molecular formula is C29H30F3N7O2. The Bertz CT molecular complexity index is 1580. The van der Waals surface area contributed by atoms with Crippen LogP contribution in [0.1, 0.15) is 44.5 Å². The second kappa shape index (κ2) is 11.7. The van der Waals surface area contributed by atoms with E-state index in [2.05, 4.69) is 32.5 Å². The highest BCUT2D eigenvalue weighted by Gasteiger charge is 2.34. The number of nitrogens with zero attached hydrogens (tertiary/aromatic N) is 5. The van der Waals surface area contributed by atoms with Gasteiger partial charge in [-0.15, -0.1) is 0 Å². The third kappa shape index (κ3) is 6.39. The fourth-order valence-electron chi connectivity index (χ4n) is 4.83. The molecule has 2 N–H and O–H groups in total. The molecular weight excluding hydrogens is 535 g/mol. The number of aryl methyl sites for hydroxylation is 1. The fourth-order valence-corrected chi connectivity index (χ4v) is 4.83. The van der Waals surface area contributed by atoms with Gasteiger partial charge in [0.1, 0.15) is 0 Å². The van der Waals surface area contributed by atoms with E-state index in [9.17, 15) is 22.8 Å². The number of rotatable bonds is 7. The van der Waals surface area contributed by atoms with Crippen molar-refractivity contribution in [3.05, 3.63) is 88.9 Å². The Hall–Kier alpha value is -4.29. The van der Waals surface area contributed by atoms with E-state index in [0.29, 0.717) is 30.1 Å². The summed E-state index contributed by atoms with van der Waals surface area (Å²) in [6, 6.07) is 12.0. The number of fused-ring (bicyclic) bond motifs is 1. The SMILES string of the molecule is CCN1CCN(Cc2ccc(C(=O)Nc3ccc(C)c(NC(=O)c4cnc5cccnn45)c3)cc2C(F)(F)F)CC1. The van der Waals surface area contributed by atoms with Crippen molar-refractivity contribution >= 4 is 28.8 Å². The molecule has 0 saturated carbocycles. The van der Waals surface area contributed by atoms with E-state index in [0.717, 1.165) is 31.3 Å². The monoisotopic (exact) mass is 565 g/mol. The van der Waals surface area contributed by atoms with Gasteiger partial charge in [0.25, 0.3) is 11.8 Å². The number of alkyl halides is 3. The molecule has 2 aromatic carbocycles. The van der Waals surface area contributed by atoms with E-state index in [1.54, 1.807) is 37.3 Å². The van der Waals surface area contributed by atoms with Gasteiger partial charge in [-0.3, -0.25) is 14.5 Å². The largest absolute Gasteiger partial charge is 0.416 e. The molecule has 9 nitrogen and oxygen atoms in total. The number of carbonyl (C=O) groups is 2. The summed E-state index contributed by atoms with van der Waals surface area (Å²) in [5.74, 6) is -1.14. The van der Waals surface area contributed by atoms with Gasteiger partial charge in [0.05, 0.1) is 11.8 Å². The minimum atomic E-state index is -4.61. The molecule has 0 radical (unpaired) electrons. The summed E-state index contributed by atoms with van der Waals surface area (Å²) in [6.45, 7) is 7.93. The maximum absolute atomic E-state index is 14.0. The van der Waals surface area contributed by atoms with Crippen molar-refractivity contribution < 1.29 is 22.8 Å². The van der Waals surface area contributed by atoms with Crippen LogP contribution in [-0.2, 0) is 12.7 Å². The molecule has 0 aliphatic carbocycles. The van der Waals surface area contributed by atoms with Gasteiger partial charge in [0.15, 0.2) is 11.3 Å². The lowest BCUT2D eigenvalue weighted by Gasteiger charge is -2.34. The summed E-state index contributed by atoms with van der Waals surface area (Å²) in [4.78, 5) is 34.4. The summed E-state index contributed by atoms with van der Waals surface area (Å²) in [5, 5.41) is 9.58. The van der Waals surface area contributed by atoms with Crippen LogP contribution in [0.25, 0.3) is 5.65 Å². The van der Waals surface area contributed by atoms with Crippen molar-refractivity contribution in [2.75, 3.05) is 43.4 Å². The van der Waals surface area contributed by atoms with Crippen molar-refractivity contribution in [3.8, 4) is 0 Å². The third-order valence-electron chi connectivity index (χ3n) is 7.24. The molecule has 214 valence electrons. The van der Waals surface area contributed by atoms with Crippen LogP contribution >= 0.6 is 0 Å². The number of anilines is 2. The Morgan fingerprint density at radius 3 is 2.44 bits per heavy atom. The van der Waals surface area contributed by atoms with E-state index in [-0.39, 0.29) is 23.4 Å². The number of piperazine rings is 1. The summed E-state index contributed by atoms with van der Waals surface area (Å²) in [7, 11) is 0. The summed E-state index contributed by atoms with van der Waals surface area (Å²) in [5.41, 5.74) is 1.41. The van der Waals surface area contributed by atoms with E-state index >= 15 is 0 Å². The average Bonchev–Trinajstić information content (AvgIpc) is 3.39. The molecule has 2 amide bonds. The number of carbonyl (C=O) groups excluding carboxylic acids is 2. The third-order valence-corrected chi connectivity index (χ3v) is 7.24. The van der Waals surface area contributed by atoms with Gasteiger partial charge in [0, 0.05) is 55.9 Å². The summed E-state index contributed by atoms with van der Waals surface area (Å²) >= 11 is 0. The van der Waals surface area contributed by atoms with Crippen LogP contribution in [0, 0.1) is 6.92 Å². The Balaban J connectivity index is 1.31. The van der Waals surface area contributed by atoms with E-state index in [1.807, 2.05) is 4.90 Å². The Labute approximate surface area is 235 Å². The Morgan fingerprint density at radius 1 is 0.951 bits per heavy atom. The number of hydrogen-bond acceptors (Lipinski definition) is 6. The molecule has 1 aliphatic rings. The molecule has 3 heterocycles. The first-order chi connectivity index (χ1) is 19.6. The van der Waals surface area contributed by atoms with Crippen LogP contribution in [0.3, 0.4) is 0 Å². The van der Waals surface area contributed by atoms with Gasteiger partial charge in [-0.05, 0) is 61.0 Å².